The number of hydrogen-bond acceptors (Lipinski definition) is 7. The molecule has 0 radical (unpaired) electrons. The van der Waals surface area contributed by atoms with Gasteiger partial charge in [0.25, 0.3) is 0 Å². The highest BCUT2D eigenvalue weighted by molar-refractivity contribution is 5.99. The number of methoxy groups -OCH3 is 1. The van der Waals surface area contributed by atoms with Crippen molar-refractivity contribution in [3.05, 3.63) is 90.5 Å². The van der Waals surface area contributed by atoms with Crippen molar-refractivity contribution in [2.24, 2.45) is 7.05 Å². The second-order valence-corrected chi connectivity index (χ2v) is 7.62. The molecule has 5 rings (SSSR count). The number of fused-ring (bicyclic) bond motifs is 1. The number of pyridine rings is 2. The lowest BCUT2D eigenvalue weighted by Gasteiger charge is -2.13. The number of benzene rings is 1. The van der Waals surface area contributed by atoms with Gasteiger partial charge in [-0.05, 0) is 29.8 Å². The Hall–Kier alpha value is -4.66. The number of nitrogens with one attached hydrogen (secondary N) is 1. The van der Waals surface area contributed by atoms with Crippen LogP contribution in [-0.2, 0) is 18.4 Å². The van der Waals surface area contributed by atoms with E-state index < -0.39 is 5.97 Å². The second kappa shape index (κ2) is 9.07. The van der Waals surface area contributed by atoms with Gasteiger partial charge < -0.3 is 14.8 Å². The van der Waals surface area contributed by atoms with E-state index in [1.54, 1.807) is 21.6 Å². The third-order valence-corrected chi connectivity index (χ3v) is 5.30. The maximum Gasteiger partial charge on any atom is 0.341 e. The summed E-state index contributed by atoms with van der Waals surface area (Å²) in [6, 6.07) is 17.4. The van der Waals surface area contributed by atoms with Crippen LogP contribution in [0.4, 0.5) is 11.5 Å². The minimum absolute atomic E-state index is 0.329. The third kappa shape index (κ3) is 4.18. The fraction of sp³-hybridized carbons (Fsp3) is 0.120. The molecule has 0 unspecified atom stereocenters. The minimum atomic E-state index is -0.481. The number of rotatable bonds is 7. The molecular formula is C25H22N6O3. The summed E-state index contributed by atoms with van der Waals surface area (Å²) < 4.78 is 14.5. The molecule has 0 aliphatic carbocycles. The number of carbonyl (C=O) groups excluding carboxylic acids is 1. The highest BCUT2D eigenvalue weighted by atomic mass is 16.5. The first kappa shape index (κ1) is 21.2. The number of aryl methyl sites for hydroxylation is 1. The number of anilines is 2. The Kier molecular flexibility index (Phi) is 5.65. The quantitative estimate of drug-likeness (QED) is 0.368. The number of carbonyl (C=O) groups is 1. The molecule has 0 spiro atoms. The first-order chi connectivity index (χ1) is 16.6. The first-order valence-electron chi connectivity index (χ1n) is 10.6. The van der Waals surface area contributed by atoms with Crippen LogP contribution in [0, 0.1) is 0 Å². The van der Waals surface area contributed by atoms with Crippen LogP contribution in [0.1, 0.15) is 15.9 Å². The molecule has 1 N–H and O–H groups in total. The van der Waals surface area contributed by atoms with Crippen molar-refractivity contribution in [3.63, 3.8) is 0 Å². The molecule has 4 heterocycles. The van der Waals surface area contributed by atoms with Crippen LogP contribution in [0.25, 0.3) is 16.8 Å². The van der Waals surface area contributed by atoms with E-state index in [1.165, 1.54) is 13.3 Å². The fourth-order valence-corrected chi connectivity index (χ4v) is 3.69. The Morgan fingerprint density at radius 1 is 1.06 bits per heavy atom. The van der Waals surface area contributed by atoms with Crippen LogP contribution >= 0.6 is 0 Å². The molecule has 0 saturated carbocycles. The van der Waals surface area contributed by atoms with E-state index in [0.717, 1.165) is 22.5 Å². The number of hydrogen-bond donors (Lipinski definition) is 1. The van der Waals surface area contributed by atoms with Gasteiger partial charge in [-0.1, -0.05) is 30.3 Å². The molecule has 5 aromatic rings. The third-order valence-electron chi connectivity index (χ3n) is 5.30. The molecule has 170 valence electrons. The maximum absolute atomic E-state index is 12.5. The molecule has 1 aromatic carbocycles. The summed E-state index contributed by atoms with van der Waals surface area (Å²) in [6.45, 7) is 0.357. The Morgan fingerprint density at radius 3 is 2.68 bits per heavy atom. The minimum Gasteiger partial charge on any atom is -0.487 e. The predicted octanol–water partition coefficient (Wildman–Crippen LogP) is 4.24. The SMILES string of the molecule is COC(=O)c1cnn2c(-c3ccnc(Nc4cnn(C)c4)c3)ccc(OCc3ccccc3)c12. The molecule has 0 fully saturated rings. The van der Waals surface area contributed by atoms with Crippen LogP contribution in [0.15, 0.2) is 79.4 Å². The van der Waals surface area contributed by atoms with Gasteiger partial charge in [0.1, 0.15) is 29.3 Å². The van der Waals surface area contributed by atoms with E-state index in [1.807, 2.05) is 67.8 Å². The summed E-state index contributed by atoms with van der Waals surface area (Å²) in [7, 11) is 3.20. The molecule has 0 aliphatic heterocycles. The van der Waals surface area contributed by atoms with Crippen LogP contribution in [-0.4, -0.2) is 37.5 Å². The van der Waals surface area contributed by atoms with Gasteiger partial charge in [0.2, 0.25) is 0 Å². The van der Waals surface area contributed by atoms with Crippen molar-refractivity contribution < 1.29 is 14.3 Å². The average molecular weight is 454 g/mol. The van der Waals surface area contributed by atoms with Gasteiger partial charge in [-0.25, -0.2) is 14.3 Å². The van der Waals surface area contributed by atoms with Crippen LogP contribution in [0.3, 0.4) is 0 Å². The highest BCUT2D eigenvalue weighted by Crippen LogP contribution is 2.31. The molecule has 0 amide bonds. The van der Waals surface area contributed by atoms with E-state index in [4.69, 9.17) is 9.47 Å². The van der Waals surface area contributed by atoms with E-state index in [0.29, 0.717) is 29.3 Å². The number of aromatic nitrogens is 5. The van der Waals surface area contributed by atoms with Gasteiger partial charge in [0.05, 0.1) is 30.9 Å². The van der Waals surface area contributed by atoms with Gasteiger partial charge in [0, 0.05) is 25.0 Å². The highest BCUT2D eigenvalue weighted by Gasteiger charge is 2.20. The van der Waals surface area contributed by atoms with Gasteiger partial charge in [-0.15, -0.1) is 0 Å². The molecule has 9 nitrogen and oxygen atoms in total. The van der Waals surface area contributed by atoms with Gasteiger partial charge in [-0.3, -0.25) is 4.68 Å². The molecule has 0 aliphatic rings. The number of esters is 1. The van der Waals surface area contributed by atoms with Crippen LogP contribution in [0.2, 0.25) is 0 Å². The fourth-order valence-electron chi connectivity index (χ4n) is 3.69. The van der Waals surface area contributed by atoms with Crippen molar-refractivity contribution in [2.75, 3.05) is 12.4 Å². The topological polar surface area (TPSA) is 95.6 Å². The second-order valence-electron chi connectivity index (χ2n) is 7.62. The van der Waals surface area contributed by atoms with Crippen molar-refractivity contribution in [3.8, 4) is 17.0 Å². The van der Waals surface area contributed by atoms with Crippen LogP contribution in [0.5, 0.6) is 5.75 Å². The number of nitrogens with zero attached hydrogens (tertiary/aromatic N) is 5. The predicted molar refractivity (Wildman–Crippen MR) is 127 cm³/mol. The van der Waals surface area contributed by atoms with Gasteiger partial charge in [-0.2, -0.15) is 10.2 Å². The molecular weight excluding hydrogens is 432 g/mol. The van der Waals surface area contributed by atoms with E-state index in [9.17, 15) is 4.79 Å². The summed E-state index contributed by atoms with van der Waals surface area (Å²) in [4.78, 5) is 16.9. The summed E-state index contributed by atoms with van der Waals surface area (Å²) >= 11 is 0. The zero-order valence-electron chi connectivity index (χ0n) is 18.7. The summed E-state index contributed by atoms with van der Waals surface area (Å²) in [5.74, 6) is 0.710. The normalized spacial score (nSPS) is 10.9. The Balaban J connectivity index is 1.54. The Morgan fingerprint density at radius 2 is 1.91 bits per heavy atom. The molecule has 0 atom stereocenters. The Labute approximate surface area is 195 Å². The molecule has 0 saturated heterocycles. The zero-order valence-corrected chi connectivity index (χ0v) is 18.7. The van der Waals surface area contributed by atoms with Crippen molar-refractivity contribution >= 4 is 23.0 Å². The zero-order chi connectivity index (χ0) is 23.5. The average Bonchev–Trinajstić information content (AvgIpc) is 3.49. The molecule has 34 heavy (non-hydrogen) atoms. The standard InChI is InChI=1S/C25H22N6O3/c1-30-15-19(13-27-30)29-23-12-18(10-11-26-23)21-8-9-22(34-16-17-6-4-3-5-7-17)24-20(25(32)33-2)14-28-31(21)24/h3-15H,16H2,1-2H3,(H,26,29). The molecule has 4 aromatic heterocycles. The number of ether oxygens (including phenoxy) is 2. The lowest BCUT2D eigenvalue weighted by Crippen LogP contribution is -2.04. The van der Waals surface area contributed by atoms with E-state index in [-0.39, 0.29) is 0 Å². The smallest absolute Gasteiger partial charge is 0.341 e. The molecule has 0 bridgehead atoms. The maximum atomic E-state index is 12.5. The van der Waals surface area contributed by atoms with E-state index in [2.05, 4.69) is 20.5 Å². The summed E-state index contributed by atoms with van der Waals surface area (Å²) in [5, 5.41) is 11.9. The van der Waals surface area contributed by atoms with Crippen molar-refractivity contribution in [1.82, 2.24) is 24.4 Å². The summed E-state index contributed by atoms with van der Waals surface area (Å²) in [5.41, 5.74) is 4.35. The lowest BCUT2D eigenvalue weighted by atomic mass is 10.1. The Bertz CT molecular complexity index is 1460. The summed E-state index contributed by atoms with van der Waals surface area (Å²) in [6.07, 6.45) is 6.80. The van der Waals surface area contributed by atoms with Gasteiger partial charge >= 0.3 is 5.97 Å². The van der Waals surface area contributed by atoms with E-state index >= 15 is 0 Å². The largest absolute Gasteiger partial charge is 0.487 e. The van der Waals surface area contributed by atoms with Crippen molar-refractivity contribution in [1.29, 1.82) is 0 Å². The molecule has 9 heteroatoms. The van der Waals surface area contributed by atoms with Crippen molar-refractivity contribution in [2.45, 2.75) is 6.61 Å². The monoisotopic (exact) mass is 454 g/mol. The lowest BCUT2D eigenvalue weighted by molar-refractivity contribution is 0.0602. The van der Waals surface area contributed by atoms with Crippen LogP contribution < -0.4 is 10.1 Å². The van der Waals surface area contributed by atoms with Gasteiger partial charge in [0.15, 0.2) is 0 Å². The first-order valence-corrected chi connectivity index (χ1v) is 10.6.